The maximum absolute atomic E-state index is 12.1. The van der Waals surface area contributed by atoms with Crippen LogP contribution in [0, 0.1) is 0 Å². The van der Waals surface area contributed by atoms with Crippen LogP contribution in [-0.2, 0) is 9.59 Å². The molecule has 2 amide bonds. The third-order valence-electron chi connectivity index (χ3n) is 3.09. The molecule has 1 atom stereocenters. The predicted molar refractivity (Wildman–Crippen MR) is 73.1 cm³/mol. The second-order valence-electron chi connectivity index (χ2n) is 4.89. The van der Waals surface area contributed by atoms with Gasteiger partial charge in [-0.1, -0.05) is 13.3 Å². The zero-order valence-electron chi connectivity index (χ0n) is 12.3. The minimum absolute atomic E-state index is 0.0388. The lowest BCUT2D eigenvalue weighted by atomic mass is 9.96. The van der Waals surface area contributed by atoms with E-state index in [-0.39, 0.29) is 18.4 Å². The van der Waals surface area contributed by atoms with E-state index in [1.807, 2.05) is 20.8 Å². The molecule has 0 radical (unpaired) electrons. The largest absolute Gasteiger partial charge is 0.342 e. The first-order chi connectivity index (χ1) is 8.30. The van der Waals surface area contributed by atoms with E-state index in [4.69, 9.17) is 5.73 Å². The Balaban J connectivity index is 4.53. The summed E-state index contributed by atoms with van der Waals surface area (Å²) in [5.41, 5.74) is 5.09. The van der Waals surface area contributed by atoms with Crippen molar-refractivity contribution in [1.29, 1.82) is 0 Å². The molecule has 0 bridgehead atoms. The molecule has 5 nitrogen and oxygen atoms in total. The molecule has 5 heteroatoms. The van der Waals surface area contributed by atoms with E-state index in [1.165, 1.54) is 4.90 Å². The number of hydrogen-bond acceptors (Lipinski definition) is 3. The summed E-state index contributed by atoms with van der Waals surface area (Å²) in [4.78, 5) is 27.1. The number of nitrogens with two attached hydrogens (primary N) is 1. The van der Waals surface area contributed by atoms with Crippen LogP contribution in [0.25, 0.3) is 0 Å². The molecular weight excluding hydrogens is 230 g/mol. The average Bonchev–Trinajstić information content (AvgIpc) is 2.29. The normalized spacial score (nSPS) is 13.9. The summed E-state index contributed by atoms with van der Waals surface area (Å²) in [5, 5.41) is 0. The molecule has 0 spiro atoms. The van der Waals surface area contributed by atoms with Gasteiger partial charge in [0, 0.05) is 20.1 Å². The minimum Gasteiger partial charge on any atom is -0.342 e. The number of amides is 2. The van der Waals surface area contributed by atoms with E-state index >= 15 is 0 Å². The zero-order valence-corrected chi connectivity index (χ0v) is 12.3. The van der Waals surface area contributed by atoms with Gasteiger partial charge in [0.1, 0.15) is 0 Å². The van der Waals surface area contributed by atoms with Crippen molar-refractivity contribution in [3.63, 3.8) is 0 Å². The fourth-order valence-corrected chi connectivity index (χ4v) is 2.01. The van der Waals surface area contributed by atoms with E-state index in [2.05, 4.69) is 0 Å². The van der Waals surface area contributed by atoms with Crippen molar-refractivity contribution in [3.8, 4) is 0 Å². The molecule has 0 fully saturated rings. The second-order valence-corrected chi connectivity index (χ2v) is 4.89. The summed E-state index contributed by atoms with van der Waals surface area (Å²) in [5.74, 6) is -0.215. The van der Waals surface area contributed by atoms with Crippen LogP contribution in [0.5, 0.6) is 0 Å². The monoisotopic (exact) mass is 257 g/mol. The van der Waals surface area contributed by atoms with E-state index in [0.29, 0.717) is 19.5 Å². The third kappa shape index (κ3) is 4.64. The molecule has 1 unspecified atom stereocenters. The van der Waals surface area contributed by atoms with Crippen LogP contribution in [0.15, 0.2) is 0 Å². The number of carbonyl (C=O) groups excluding carboxylic acids is 2. The zero-order chi connectivity index (χ0) is 14.3. The summed E-state index contributed by atoms with van der Waals surface area (Å²) in [6.07, 6.45) is 1.46. The van der Waals surface area contributed by atoms with Crippen LogP contribution in [0.4, 0.5) is 0 Å². The molecule has 106 valence electrons. The van der Waals surface area contributed by atoms with Crippen LogP contribution in [0.3, 0.4) is 0 Å². The van der Waals surface area contributed by atoms with Gasteiger partial charge in [0.05, 0.1) is 12.1 Å². The van der Waals surface area contributed by atoms with Gasteiger partial charge < -0.3 is 15.5 Å². The van der Waals surface area contributed by atoms with Gasteiger partial charge in [-0.05, 0) is 27.2 Å². The molecule has 0 heterocycles. The quantitative estimate of drug-likeness (QED) is 0.734. The van der Waals surface area contributed by atoms with Crippen molar-refractivity contribution < 1.29 is 9.59 Å². The van der Waals surface area contributed by atoms with Crippen molar-refractivity contribution in [1.82, 2.24) is 9.80 Å². The van der Waals surface area contributed by atoms with Crippen molar-refractivity contribution >= 4 is 11.8 Å². The van der Waals surface area contributed by atoms with Gasteiger partial charge in [-0.15, -0.1) is 0 Å². The molecule has 0 aliphatic carbocycles. The van der Waals surface area contributed by atoms with E-state index in [0.717, 1.165) is 6.42 Å². The molecule has 18 heavy (non-hydrogen) atoms. The molecule has 0 saturated heterocycles. The van der Waals surface area contributed by atoms with Crippen molar-refractivity contribution in [2.45, 2.75) is 46.1 Å². The van der Waals surface area contributed by atoms with Gasteiger partial charge in [-0.3, -0.25) is 9.59 Å². The van der Waals surface area contributed by atoms with Gasteiger partial charge >= 0.3 is 0 Å². The van der Waals surface area contributed by atoms with Gasteiger partial charge in [0.15, 0.2) is 0 Å². The van der Waals surface area contributed by atoms with Crippen LogP contribution >= 0.6 is 0 Å². The predicted octanol–water partition coefficient (Wildman–Crippen LogP) is 0.831. The molecule has 0 aromatic carbocycles. The summed E-state index contributed by atoms with van der Waals surface area (Å²) in [6.45, 7) is 8.97. The highest BCUT2D eigenvalue weighted by Gasteiger charge is 2.31. The van der Waals surface area contributed by atoms with Crippen LogP contribution in [-0.4, -0.2) is 53.8 Å². The molecule has 0 aromatic heterocycles. The lowest BCUT2D eigenvalue weighted by molar-refractivity contribution is -0.142. The van der Waals surface area contributed by atoms with Gasteiger partial charge in [-0.2, -0.15) is 0 Å². The Morgan fingerprint density at radius 3 is 2.06 bits per heavy atom. The Labute approximate surface area is 110 Å². The standard InChI is InChI=1S/C13H27N3O2/c1-6-9-13(4,14)12(18)15(5)10-11(17)16(7-2)8-3/h6-10,14H2,1-5H3. The summed E-state index contributed by atoms with van der Waals surface area (Å²) in [7, 11) is 1.63. The highest BCUT2D eigenvalue weighted by Crippen LogP contribution is 2.11. The first-order valence-electron chi connectivity index (χ1n) is 6.62. The van der Waals surface area contributed by atoms with E-state index in [9.17, 15) is 9.59 Å². The smallest absolute Gasteiger partial charge is 0.242 e. The molecule has 0 aliphatic heterocycles. The highest BCUT2D eigenvalue weighted by atomic mass is 16.2. The number of carbonyl (C=O) groups is 2. The second kappa shape index (κ2) is 7.36. The van der Waals surface area contributed by atoms with Crippen molar-refractivity contribution in [3.05, 3.63) is 0 Å². The Morgan fingerprint density at radius 2 is 1.67 bits per heavy atom. The minimum atomic E-state index is -0.882. The topological polar surface area (TPSA) is 66.6 Å². The molecule has 0 aliphatic rings. The molecule has 2 N–H and O–H groups in total. The maximum Gasteiger partial charge on any atom is 0.242 e. The number of hydrogen-bond donors (Lipinski definition) is 1. The van der Waals surface area contributed by atoms with Crippen LogP contribution < -0.4 is 5.73 Å². The van der Waals surface area contributed by atoms with Gasteiger partial charge in [0.2, 0.25) is 11.8 Å². The Morgan fingerprint density at radius 1 is 1.17 bits per heavy atom. The molecular formula is C13H27N3O2. The van der Waals surface area contributed by atoms with Gasteiger partial charge in [0.25, 0.3) is 0 Å². The molecule has 0 saturated carbocycles. The first kappa shape index (κ1) is 16.9. The van der Waals surface area contributed by atoms with Crippen molar-refractivity contribution in [2.24, 2.45) is 5.73 Å². The van der Waals surface area contributed by atoms with E-state index in [1.54, 1.807) is 18.9 Å². The van der Waals surface area contributed by atoms with Crippen LogP contribution in [0.1, 0.15) is 40.5 Å². The molecule has 0 rings (SSSR count). The lowest BCUT2D eigenvalue weighted by Crippen LogP contribution is -2.54. The van der Waals surface area contributed by atoms with Crippen LogP contribution in [0.2, 0.25) is 0 Å². The lowest BCUT2D eigenvalue weighted by Gasteiger charge is -2.30. The summed E-state index contributed by atoms with van der Waals surface area (Å²) < 4.78 is 0. The fourth-order valence-electron chi connectivity index (χ4n) is 2.01. The number of nitrogens with zero attached hydrogens (tertiary/aromatic N) is 2. The Kier molecular flexibility index (Phi) is 6.91. The molecule has 0 aromatic rings. The summed E-state index contributed by atoms with van der Waals surface area (Å²) in [6, 6.07) is 0. The number of rotatable bonds is 7. The Hall–Kier alpha value is -1.10. The van der Waals surface area contributed by atoms with E-state index < -0.39 is 5.54 Å². The highest BCUT2D eigenvalue weighted by molar-refractivity contribution is 5.89. The number of likely N-dealkylation sites (N-methyl/N-ethyl adjacent to an activating group) is 2. The van der Waals surface area contributed by atoms with Crippen molar-refractivity contribution in [2.75, 3.05) is 26.7 Å². The Bertz CT molecular complexity index is 286. The SMILES string of the molecule is CCCC(C)(N)C(=O)N(C)CC(=O)N(CC)CC. The summed E-state index contributed by atoms with van der Waals surface area (Å²) >= 11 is 0. The first-order valence-corrected chi connectivity index (χ1v) is 6.62. The van der Waals surface area contributed by atoms with Gasteiger partial charge in [-0.25, -0.2) is 0 Å². The fraction of sp³-hybridized carbons (Fsp3) is 0.846. The average molecular weight is 257 g/mol. The maximum atomic E-state index is 12.1. The third-order valence-corrected chi connectivity index (χ3v) is 3.09.